The van der Waals surface area contributed by atoms with E-state index in [0.717, 1.165) is 34.3 Å². The highest BCUT2D eigenvalue weighted by Gasteiger charge is 2.17. The number of carbonyl (C=O) groups excluding carboxylic acids is 1. The Morgan fingerprint density at radius 3 is 2.72 bits per heavy atom. The summed E-state index contributed by atoms with van der Waals surface area (Å²) in [4.78, 5) is 19.9. The molecule has 25 heavy (non-hydrogen) atoms. The first kappa shape index (κ1) is 17.6. The van der Waals surface area contributed by atoms with Crippen LogP contribution in [0.5, 0.6) is 5.75 Å². The van der Waals surface area contributed by atoms with Gasteiger partial charge >= 0.3 is 0 Å². The second-order valence-electron chi connectivity index (χ2n) is 5.54. The molecule has 6 heteroatoms. The van der Waals surface area contributed by atoms with E-state index in [9.17, 15) is 4.79 Å². The monoisotopic (exact) mass is 372 g/mol. The van der Waals surface area contributed by atoms with Crippen LogP contribution >= 0.6 is 22.7 Å². The number of thiophene rings is 1. The van der Waals surface area contributed by atoms with Gasteiger partial charge in [-0.25, -0.2) is 4.98 Å². The predicted molar refractivity (Wildman–Crippen MR) is 102 cm³/mol. The molecule has 0 aliphatic rings. The lowest BCUT2D eigenvalue weighted by Crippen LogP contribution is -2.30. The average molecular weight is 373 g/mol. The Hall–Kier alpha value is -2.18. The van der Waals surface area contributed by atoms with Crippen molar-refractivity contribution < 1.29 is 9.53 Å². The number of carbonyl (C=O) groups is 1. The summed E-state index contributed by atoms with van der Waals surface area (Å²) in [6, 6.07) is 13.5. The molecule has 3 rings (SSSR count). The summed E-state index contributed by atoms with van der Waals surface area (Å²) in [6.45, 7) is 3.78. The molecule has 0 radical (unpaired) electrons. The number of rotatable bonds is 8. The smallest absolute Gasteiger partial charge is 0.264 e. The van der Waals surface area contributed by atoms with Gasteiger partial charge < -0.3 is 9.64 Å². The highest BCUT2D eigenvalue weighted by Crippen LogP contribution is 2.18. The van der Waals surface area contributed by atoms with E-state index in [1.165, 1.54) is 11.3 Å². The van der Waals surface area contributed by atoms with Gasteiger partial charge in [-0.15, -0.1) is 22.7 Å². The Balaban J connectivity index is 1.61. The second-order valence-corrected chi connectivity index (χ2v) is 7.43. The highest BCUT2D eigenvalue weighted by molar-refractivity contribution is 7.12. The molecule has 0 atom stereocenters. The zero-order chi connectivity index (χ0) is 17.5. The number of benzene rings is 1. The lowest BCUT2D eigenvalue weighted by molar-refractivity contribution is 0.0746. The summed E-state index contributed by atoms with van der Waals surface area (Å²) < 4.78 is 5.73. The van der Waals surface area contributed by atoms with E-state index < -0.39 is 0 Å². The topological polar surface area (TPSA) is 42.4 Å². The molecule has 0 aliphatic carbocycles. The van der Waals surface area contributed by atoms with Crippen LogP contribution in [-0.2, 0) is 13.2 Å². The normalized spacial score (nSPS) is 10.6. The molecule has 130 valence electrons. The van der Waals surface area contributed by atoms with Gasteiger partial charge in [-0.1, -0.05) is 31.2 Å². The van der Waals surface area contributed by atoms with Gasteiger partial charge in [-0.05, 0) is 30.0 Å². The third-order valence-electron chi connectivity index (χ3n) is 3.57. The number of ether oxygens (including phenoxy) is 1. The van der Waals surface area contributed by atoms with Crippen LogP contribution in [0.3, 0.4) is 0 Å². The van der Waals surface area contributed by atoms with Crippen LogP contribution in [0.1, 0.15) is 33.7 Å². The molecule has 2 aromatic heterocycles. The van der Waals surface area contributed by atoms with E-state index in [4.69, 9.17) is 4.74 Å². The lowest BCUT2D eigenvalue weighted by Gasteiger charge is -2.20. The van der Waals surface area contributed by atoms with Gasteiger partial charge in [-0.3, -0.25) is 4.79 Å². The fourth-order valence-electron chi connectivity index (χ4n) is 2.42. The number of amides is 1. The van der Waals surface area contributed by atoms with Gasteiger partial charge in [0.25, 0.3) is 5.91 Å². The quantitative estimate of drug-likeness (QED) is 0.568. The molecular weight excluding hydrogens is 352 g/mol. The molecule has 4 nitrogen and oxygen atoms in total. The minimum Gasteiger partial charge on any atom is -0.486 e. The third kappa shape index (κ3) is 4.90. The van der Waals surface area contributed by atoms with E-state index in [-0.39, 0.29) is 5.91 Å². The number of nitrogens with zero attached hydrogens (tertiary/aromatic N) is 2. The molecule has 1 amide bonds. The van der Waals surface area contributed by atoms with Crippen LogP contribution in [0, 0.1) is 0 Å². The fourth-order valence-corrected chi connectivity index (χ4v) is 3.81. The van der Waals surface area contributed by atoms with E-state index in [0.29, 0.717) is 13.2 Å². The Kier molecular flexibility index (Phi) is 6.19. The molecular formula is C19H20N2O2S2. The van der Waals surface area contributed by atoms with Crippen molar-refractivity contribution in [1.82, 2.24) is 9.88 Å². The van der Waals surface area contributed by atoms with Crippen molar-refractivity contribution in [1.29, 1.82) is 0 Å². The summed E-state index contributed by atoms with van der Waals surface area (Å²) in [6.07, 6.45) is 0.922. The standard InChI is InChI=1S/C19H20N2O2S2/c1-2-10-21(19(22)17-9-6-11-24-17)12-15-14-25-18(20-15)13-23-16-7-4-3-5-8-16/h3-9,11,14H,2,10,12-13H2,1H3. The maximum absolute atomic E-state index is 12.6. The lowest BCUT2D eigenvalue weighted by atomic mass is 10.3. The van der Waals surface area contributed by atoms with Crippen LogP contribution in [0.25, 0.3) is 0 Å². The summed E-state index contributed by atoms with van der Waals surface area (Å²) >= 11 is 3.04. The molecule has 3 aromatic rings. The Morgan fingerprint density at radius 1 is 1.16 bits per heavy atom. The van der Waals surface area contributed by atoms with Gasteiger partial charge in [0.1, 0.15) is 17.4 Å². The molecule has 0 unspecified atom stereocenters. The van der Waals surface area contributed by atoms with Crippen LogP contribution in [0.4, 0.5) is 0 Å². The number of para-hydroxylation sites is 1. The minimum atomic E-state index is 0.0759. The summed E-state index contributed by atoms with van der Waals surface area (Å²) in [5, 5.41) is 4.85. The molecule has 0 aliphatic heterocycles. The first-order valence-corrected chi connectivity index (χ1v) is 9.96. The first-order chi connectivity index (χ1) is 12.3. The Bertz CT molecular complexity index is 785. The Labute approximate surface area is 155 Å². The van der Waals surface area contributed by atoms with E-state index in [2.05, 4.69) is 11.9 Å². The molecule has 0 saturated carbocycles. The number of aromatic nitrogens is 1. The van der Waals surface area contributed by atoms with E-state index in [1.54, 1.807) is 11.3 Å². The van der Waals surface area contributed by atoms with E-state index >= 15 is 0 Å². The fraction of sp³-hybridized carbons (Fsp3) is 0.263. The van der Waals surface area contributed by atoms with Gasteiger partial charge in [0, 0.05) is 11.9 Å². The minimum absolute atomic E-state index is 0.0759. The predicted octanol–water partition coefficient (Wildman–Crippen LogP) is 4.84. The number of hydrogen-bond acceptors (Lipinski definition) is 5. The van der Waals surface area contributed by atoms with Gasteiger partial charge in [0.15, 0.2) is 0 Å². The molecule has 1 aromatic carbocycles. The van der Waals surface area contributed by atoms with Crippen molar-refractivity contribution in [2.75, 3.05) is 6.54 Å². The number of thiazole rings is 1. The molecule has 0 fully saturated rings. The largest absolute Gasteiger partial charge is 0.486 e. The zero-order valence-corrected chi connectivity index (χ0v) is 15.7. The van der Waals surface area contributed by atoms with Crippen molar-refractivity contribution >= 4 is 28.6 Å². The number of hydrogen-bond donors (Lipinski definition) is 0. The Morgan fingerprint density at radius 2 is 2.00 bits per heavy atom. The van der Waals surface area contributed by atoms with Crippen molar-refractivity contribution in [3.8, 4) is 5.75 Å². The van der Waals surface area contributed by atoms with Crippen molar-refractivity contribution in [2.24, 2.45) is 0 Å². The maximum Gasteiger partial charge on any atom is 0.264 e. The zero-order valence-electron chi connectivity index (χ0n) is 14.1. The second kappa shape index (κ2) is 8.78. The average Bonchev–Trinajstić information content (AvgIpc) is 3.32. The van der Waals surface area contributed by atoms with Crippen molar-refractivity contribution in [2.45, 2.75) is 26.5 Å². The third-order valence-corrected chi connectivity index (χ3v) is 5.30. The van der Waals surface area contributed by atoms with Crippen LogP contribution in [-0.4, -0.2) is 22.3 Å². The molecule has 0 bridgehead atoms. The van der Waals surface area contributed by atoms with Gasteiger partial charge in [0.05, 0.1) is 17.1 Å². The maximum atomic E-state index is 12.6. The van der Waals surface area contributed by atoms with Gasteiger partial charge in [-0.2, -0.15) is 0 Å². The SMILES string of the molecule is CCCN(Cc1csc(COc2ccccc2)n1)C(=O)c1cccs1. The molecule has 0 spiro atoms. The van der Waals surface area contributed by atoms with Crippen molar-refractivity contribution in [3.05, 3.63) is 68.8 Å². The van der Waals surface area contributed by atoms with Crippen LogP contribution < -0.4 is 4.74 Å². The molecule has 0 N–H and O–H groups in total. The summed E-state index contributed by atoms with van der Waals surface area (Å²) in [5.41, 5.74) is 0.912. The van der Waals surface area contributed by atoms with Crippen molar-refractivity contribution in [3.63, 3.8) is 0 Å². The van der Waals surface area contributed by atoms with Crippen LogP contribution in [0.15, 0.2) is 53.2 Å². The van der Waals surface area contributed by atoms with Gasteiger partial charge in [0.2, 0.25) is 0 Å². The van der Waals surface area contributed by atoms with Crippen LogP contribution in [0.2, 0.25) is 0 Å². The first-order valence-electron chi connectivity index (χ1n) is 8.20. The molecule has 0 saturated heterocycles. The molecule has 2 heterocycles. The summed E-state index contributed by atoms with van der Waals surface area (Å²) in [7, 11) is 0. The summed E-state index contributed by atoms with van der Waals surface area (Å²) in [5.74, 6) is 0.909. The highest BCUT2D eigenvalue weighted by atomic mass is 32.1. The van der Waals surface area contributed by atoms with E-state index in [1.807, 2.05) is 58.1 Å².